The van der Waals surface area contributed by atoms with Gasteiger partial charge >= 0.3 is 0 Å². The van der Waals surface area contributed by atoms with Gasteiger partial charge in [-0.15, -0.1) is 0 Å². The summed E-state index contributed by atoms with van der Waals surface area (Å²) >= 11 is 0. The van der Waals surface area contributed by atoms with Gasteiger partial charge in [-0.05, 0) is 12.1 Å². The standard InChI is InChI=1S/C16H23N3O4/c20-16(3-4-17-5-6-19-7-9-21-10-8-19)18-13-1-2-14-15(11-13)23-12-22-14/h1-2,11,17H,3-10,12H2,(H,18,20). The topological polar surface area (TPSA) is 72.1 Å². The van der Waals surface area contributed by atoms with E-state index < -0.39 is 0 Å². The van der Waals surface area contributed by atoms with E-state index in [4.69, 9.17) is 14.2 Å². The largest absolute Gasteiger partial charge is 0.454 e. The molecule has 2 heterocycles. The number of amides is 1. The maximum Gasteiger partial charge on any atom is 0.231 e. The van der Waals surface area contributed by atoms with Gasteiger partial charge < -0.3 is 24.8 Å². The van der Waals surface area contributed by atoms with Crippen LogP contribution >= 0.6 is 0 Å². The fraction of sp³-hybridized carbons (Fsp3) is 0.562. The van der Waals surface area contributed by atoms with Gasteiger partial charge in [0, 0.05) is 50.9 Å². The first-order valence-electron chi connectivity index (χ1n) is 8.01. The van der Waals surface area contributed by atoms with Crippen molar-refractivity contribution in [2.24, 2.45) is 0 Å². The van der Waals surface area contributed by atoms with Gasteiger partial charge in [-0.1, -0.05) is 0 Å². The number of nitrogens with zero attached hydrogens (tertiary/aromatic N) is 1. The maximum absolute atomic E-state index is 11.9. The average Bonchev–Trinajstić information content (AvgIpc) is 3.03. The van der Waals surface area contributed by atoms with Gasteiger partial charge in [-0.3, -0.25) is 9.69 Å². The summed E-state index contributed by atoms with van der Waals surface area (Å²) in [7, 11) is 0. The minimum atomic E-state index is -0.0114. The number of fused-ring (bicyclic) bond motifs is 1. The second-order valence-electron chi connectivity index (χ2n) is 5.57. The molecule has 2 aliphatic heterocycles. The number of benzene rings is 1. The quantitative estimate of drug-likeness (QED) is 0.719. The normalized spacial score (nSPS) is 17.2. The number of hydrogen-bond donors (Lipinski definition) is 2. The molecule has 23 heavy (non-hydrogen) atoms. The van der Waals surface area contributed by atoms with Gasteiger partial charge in [-0.25, -0.2) is 0 Å². The Hall–Kier alpha value is -1.83. The Labute approximate surface area is 135 Å². The molecule has 0 bridgehead atoms. The molecule has 0 unspecified atom stereocenters. The fourth-order valence-corrected chi connectivity index (χ4v) is 2.59. The van der Waals surface area contributed by atoms with Gasteiger partial charge in [0.2, 0.25) is 12.7 Å². The van der Waals surface area contributed by atoms with E-state index in [2.05, 4.69) is 15.5 Å². The van der Waals surface area contributed by atoms with Crippen LogP contribution in [0.1, 0.15) is 6.42 Å². The summed E-state index contributed by atoms with van der Waals surface area (Å²) in [4.78, 5) is 14.3. The molecule has 1 saturated heterocycles. The Morgan fingerprint density at radius 1 is 1.13 bits per heavy atom. The summed E-state index contributed by atoms with van der Waals surface area (Å²) in [5.74, 6) is 1.38. The van der Waals surface area contributed by atoms with Crippen LogP contribution in [0.2, 0.25) is 0 Å². The molecular formula is C16H23N3O4. The average molecular weight is 321 g/mol. The summed E-state index contributed by atoms with van der Waals surface area (Å²) in [5, 5.41) is 6.17. The molecule has 0 atom stereocenters. The highest BCUT2D eigenvalue weighted by atomic mass is 16.7. The van der Waals surface area contributed by atoms with E-state index in [1.54, 1.807) is 12.1 Å². The zero-order valence-corrected chi connectivity index (χ0v) is 13.2. The highest BCUT2D eigenvalue weighted by Gasteiger charge is 2.14. The number of anilines is 1. The lowest BCUT2D eigenvalue weighted by atomic mass is 10.2. The van der Waals surface area contributed by atoms with E-state index in [0.29, 0.717) is 24.5 Å². The van der Waals surface area contributed by atoms with Crippen LogP contribution in [0.3, 0.4) is 0 Å². The molecule has 1 amide bonds. The first-order chi connectivity index (χ1) is 11.3. The second kappa shape index (κ2) is 8.14. The summed E-state index contributed by atoms with van der Waals surface area (Å²) in [5.41, 5.74) is 0.729. The Bertz CT molecular complexity index is 532. The van der Waals surface area contributed by atoms with Gasteiger partial charge in [0.1, 0.15) is 0 Å². The second-order valence-corrected chi connectivity index (χ2v) is 5.57. The van der Waals surface area contributed by atoms with Crippen LogP contribution < -0.4 is 20.1 Å². The van der Waals surface area contributed by atoms with Crippen molar-refractivity contribution in [2.45, 2.75) is 6.42 Å². The van der Waals surface area contributed by atoms with Crippen LogP contribution in [0.5, 0.6) is 11.5 Å². The molecule has 1 aromatic carbocycles. The number of carbonyl (C=O) groups is 1. The molecule has 1 aromatic rings. The lowest BCUT2D eigenvalue weighted by molar-refractivity contribution is -0.116. The lowest BCUT2D eigenvalue weighted by Gasteiger charge is -2.26. The van der Waals surface area contributed by atoms with Crippen molar-refractivity contribution in [3.8, 4) is 11.5 Å². The Balaban J connectivity index is 1.30. The maximum atomic E-state index is 11.9. The molecule has 0 spiro atoms. The monoisotopic (exact) mass is 321 g/mol. The summed E-state index contributed by atoms with van der Waals surface area (Å²) in [6.45, 7) is 6.40. The molecular weight excluding hydrogens is 298 g/mol. The third-order valence-electron chi connectivity index (χ3n) is 3.89. The molecule has 7 nitrogen and oxygen atoms in total. The third-order valence-corrected chi connectivity index (χ3v) is 3.89. The SMILES string of the molecule is O=C(CCNCCN1CCOCC1)Nc1ccc2c(c1)OCO2. The number of hydrogen-bond acceptors (Lipinski definition) is 6. The van der Waals surface area contributed by atoms with Crippen molar-refractivity contribution in [3.63, 3.8) is 0 Å². The number of rotatable bonds is 7. The first kappa shape index (κ1) is 16.0. The van der Waals surface area contributed by atoms with Crippen LogP contribution in [0.25, 0.3) is 0 Å². The minimum absolute atomic E-state index is 0.0114. The highest BCUT2D eigenvalue weighted by Crippen LogP contribution is 2.34. The van der Waals surface area contributed by atoms with Crippen molar-refractivity contribution in [3.05, 3.63) is 18.2 Å². The van der Waals surface area contributed by atoms with E-state index >= 15 is 0 Å². The van der Waals surface area contributed by atoms with Crippen molar-refractivity contribution in [1.29, 1.82) is 0 Å². The number of nitrogens with one attached hydrogen (secondary N) is 2. The van der Waals surface area contributed by atoms with E-state index in [1.165, 1.54) is 0 Å². The fourth-order valence-electron chi connectivity index (χ4n) is 2.59. The van der Waals surface area contributed by atoms with Gasteiger partial charge in [0.25, 0.3) is 0 Å². The molecule has 0 radical (unpaired) electrons. The Kier molecular flexibility index (Phi) is 5.68. The van der Waals surface area contributed by atoms with Crippen molar-refractivity contribution < 1.29 is 19.0 Å². The van der Waals surface area contributed by atoms with Crippen LogP contribution in [0, 0.1) is 0 Å². The van der Waals surface area contributed by atoms with Crippen LogP contribution in [0.4, 0.5) is 5.69 Å². The number of morpholine rings is 1. The predicted octanol–water partition coefficient (Wildman–Crippen LogP) is 0.666. The molecule has 1 fully saturated rings. The summed E-state index contributed by atoms with van der Waals surface area (Å²) < 4.78 is 15.8. The van der Waals surface area contributed by atoms with Crippen LogP contribution in [0.15, 0.2) is 18.2 Å². The first-order valence-corrected chi connectivity index (χ1v) is 8.01. The zero-order chi connectivity index (χ0) is 15.9. The van der Waals surface area contributed by atoms with Crippen molar-refractivity contribution >= 4 is 11.6 Å². The Morgan fingerprint density at radius 2 is 1.96 bits per heavy atom. The van der Waals surface area contributed by atoms with E-state index in [0.717, 1.165) is 45.1 Å². The summed E-state index contributed by atoms with van der Waals surface area (Å²) in [6.07, 6.45) is 0.442. The molecule has 3 rings (SSSR count). The molecule has 0 aliphatic carbocycles. The predicted molar refractivity (Wildman–Crippen MR) is 85.9 cm³/mol. The molecule has 2 aliphatic rings. The summed E-state index contributed by atoms with van der Waals surface area (Å²) in [6, 6.07) is 5.40. The van der Waals surface area contributed by atoms with E-state index in [9.17, 15) is 4.79 Å². The van der Waals surface area contributed by atoms with Gasteiger partial charge in [0.05, 0.1) is 13.2 Å². The van der Waals surface area contributed by atoms with E-state index in [-0.39, 0.29) is 12.7 Å². The highest BCUT2D eigenvalue weighted by molar-refractivity contribution is 5.91. The lowest BCUT2D eigenvalue weighted by Crippen LogP contribution is -2.40. The smallest absolute Gasteiger partial charge is 0.231 e. The molecule has 0 aromatic heterocycles. The van der Waals surface area contributed by atoms with Gasteiger partial charge in [0.15, 0.2) is 11.5 Å². The molecule has 126 valence electrons. The van der Waals surface area contributed by atoms with Crippen molar-refractivity contribution in [2.75, 3.05) is 58.0 Å². The van der Waals surface area contributed by atoms with E-state index in [1.807, 2.05) is 6.07 Å². The van der Waals surface area contributed by atoms with Crippen LogP contribution in [-0.2, 0) is 9.53 Å². The number of ether oxygens (including phenoxy) is 3. The molecule has 7 heteroatoms. The number of carbonyl (C=O) groups excluding carboxylic acids is 1. The Morgan fingerprint density at radius 3 is 2.83 bits per heavy atom. The molecule has 0 saturated carbocycles. The minimum Gasteiger partial charge on any atom is -0.454 e. The van der Waals surface area contributed by atoms with Gasteiger partial charge in [-0.2, -0.15) is 0 Å². The molecule has 2 N–H and O–H groups in total. The van der Waals surface area contributed by atoms with Crippen LogP contribution in [-0.4, -0.2) is 63.5 Å². The third kappa shape index (κ3) is 4.82. The zero-order valence-electron chi connectivity index (χ0n) is 13.2. The van der Waals surface area contributed by atoms with Crippen molar-refractivity contribution in [1.82, 2.24) is 10.2 Å².